The number of hydrogen-bond donors (Lipinski definition) is 1. The molecule has 3 rings (SSSR count). The molecule has 1 heterocycles. The summed E-state index contributed by atoms with van der Waals surface area (Å²) in [6.45, 7) is 4.21. The molecule has 0 fully saturated rings. The topological polar surface area (TPSA) is 34.4 Å². The predicted molar refractivity (Wildman–Crippen MR) is 95.0 cm³/mol. The van der Waals surface area contributed by atoms with Crippen LogP contribution in [0.1, 0.15) is 11.3 Å². The lowest BCUT2D eigenvalue weighted by atomic mass is 10.0. The fourth-order valence-electron chi connectivity index (χ4n) is 2.70. The molecule has 3 nitrogen and oxygen atoms in total. The van der Waals surface area contributed by atoms with Crippen molar-refractivity contribution in [2.24, 2.45) is 0 Å². The van der Waals surface area contributed by atoms with Crippen LogP contribution in [-0.4, -0.2) is 20.3 Å². The van der Waals surface area contributed by atoms with Gasteiger partial charge in [-0.15, -0.1) is 0 Å². The van der Waals surface area contributed by atoms with Crippen LogP contribution in [0.5, 0.6) is 0 Å². The van der Waals surface area contributed by atoms with Crippen molar-refractivity contribution in [1.29, 1.82) is 0 Å². The van der Waals surface area contributed by atoms with E-state index in [1.165, 1.54) is 5.56 Å². The maximum atomic E-state index is 6.08. The van der Waals surface area contributed by atoms with E-state index in [2.05, 4.69) is 24.4 Å². The summed E-state index contributed by atoms with van der Waals surface area (Å²) in [4.78, 5) is 0. The van der Waals surface area contributed by atoms with E-state index in [0.717, 1.165) is 39.4 Å². The molecule has 120 valence electrons. The van der Waals surface area contributed by atoms with Crippen LogP contribution in [0, 0.1) is 6.92 Å². The Labute approximate surface area is 141 Å². The number of nitrogens with one attached hydrogen (secondary N) is 1. The van der Waals surface area contributed by atoms with Gasteiger partial charge in [0.2, 0.25) is 0 Å². The highest BCUT2D eigenvalue weighted by molar-refractivity contribution is 6.30. The molecule has 0 aliphatic carbocycles. The normalized spacial score (nSPS) is 11.3. The van der Waals surface area contributed by atoms with E-state index in [1.54, 1.807) is 7.11 Å². The predicted octanol–water partition coefficient (Wildman–Crippen LogP) is 4.80. The molecule has 2 aromatic carbocycles. The molecule has 3 aromatic rings. The highest BCUT2D eigenvalue weighted by Gasteiger charge is 2.15. The first kappa shape index (κ1) is 16.1. The van der Waals surface area contributed by atoms with Crippen molar-refractivity contribution in [3.63, 3.8) is 0 Å². The molecule has 23 heavy (non-hydrogen) atoms. The zero-order valence-electron chi connectivity index (χ0n) is 13.4. The van der Waals surface area contributed by atoms with Crippen molar-refractivity contribution in [3.05, 3.63) is 58.8 Å². The second kappa shape index (κ2) is 7.18. The molecule has 1 aromatic heterocycles. The molecule has 0 aliphatic heterocycles. The molecule has 0 aliphatic rings. The molecule has 0 atom stereocenters. The van der Waals surface area contributed by atoms with Crippen LogP contribution in [0.2, 0.25) is 5.02 Å². The second-order valence-electron chi connectivity index (χ2n) is 5.58. The maximum Gasteiger partial charge on any atom is 0.135 e. The molecular weight excluding hydrogens is 310 g/mol. The Morgan fingerprint density at radius 1 is 1.13 bits per heavy atom. The molecule has 0 unspecified atom stereocenters. The minimum absolute atomic E-state index is 0.662. The highest BCUT2D eigenvalue weighted by atomic mass is 35.5. The molecule has 0 amide bonds. The number of halogens is 1. The lowest BCUT2D eigenvalue weighted by Gasteiger charge is -2.06. The third-order valence-corrected chi connectivity index (χ3v) is 4.07. The van der Waals surface area contributed by atoms with E-state index in [1.807, 2.05) is 30.3 Å². The average molecular weight is 330 g/mol. The minimum Gasteiger partial charge on any atom is -0.459 e. The van der Waals surface area contributed by atoms with Gasteiger partial charge in [0.25, 0.3) is 0 Å². The first-order chi connectivity index (χ1) is 11.2. The van der Waals surface area contributed by atoms with Gasteiger partial charge in [-0.25, -0.2) is 0 Å². The van der Waals surface area contributed by atoms with E-state index in [4.69, 9.17) is 20.8 Å². The Hall–Kier alpha value is -1.81. The zero-order valence-corrected chi connectivity index (χ0v) is 14.1. The van der Waals surface area contributed by atoms with Crippen LogP contribution < -0.4 is 5.32 Å². The fourth-order valence-corrected chi connectivity index (χ4v) is 2.82. The van der Waals surface area contributed by atoms with E-state index in [0.29, 0.717) is 13.2 Å². The SMILES string of the molecule is COCCNCc1oc2ccc(C)cc2c1-c1ccc(Cl)cc1. The number of methoxy groups -OCH3 is 1. The Kier molecular flexibility index (Phi) is 5.01. The quantitative estimate of drug-likeness (QED) is 0.660. The van der Waals surface area contributed by atoms with Gasteiger partial charge in [-0.1, -0.05) is 35.4 Å². The van der Waals surface area contributed by atoms with Gasteiger partial charge < -0.3 is 14.5 Å². The first-order valence-corrected chi connectivity index (χ1v) is 8.04. The smallest absolute Gasteiger partial charge is 0.135 e. The van der Waals surface area contributed by atoms with Crippen molar-refractivity contribution in [2.45, 2.75) is 13.5 Å². The van der Waals surface area contributed by atoms with Crippen molar-refractivity contribution < 1.29 is 9.15 Å². The van der Waals surface area contributed by atoms with E-state index >= 15 is 0 Å². The summed E-state index contributed by atoms with van der Waals surface area (Å²) in [5.41, 5.74) is 4.36. The van der Waals surface area contributed by atoms with Crippen molar-refractivity contribution in [1.82, 2.24) is 5.32 Å². The van der Waals surface area contributed by atoms with E-state index in [9.17, 15) is 0 Å². The van der Waals surface area contributed by atoms with E-state index < -0.39 is 0 Å². The van der Waals surface area contributed by atoms with Gasteiger partial charge in [0, 0.05) is 29.6 Å². The van der Waals surface area contributed by atoms with Crippen LogP contribution in [0.15, 0.2) is 46.9 Å². The number of aryl methyl sites for hydroxylation is 1. The van der Waals surface area contributed by atoms with Crippen LogP contribution in [0.3, 0.4) is 0 Å². The maximum absolute atomic E-state index is 6.08. The van der Waals surface area contributed by atoms with Gasteiger partial charge in [0.1, 0.15) is 11.3 Å². The summed E-state index contributed by atoms with van der Waals surface area (Å²) in [6.07, 6.45) is 0. The number of fused-ring (bicyclic) bond motifs is 1. The van der Waals surface area contributed by atoms with Gasteiger partial charge in [-0.05, 0) is 36.8 Å². The van der Waals surface area contributed by atoms with Crippen molar-refractivity contribution in [2.75, 3.05) is 20.3 Å². The van der Waals surface area contributed by atoms with Crippen molar-refractivity contribution >= 4 is 22.6 Å². The summed E-state index contributed by atoms with van der Waals surface area (Å²) < 4.78 is 11.2. The molecular formula is C19H20ClNO2. The standard InChI is InChI=1S/C19H20ClNO2/c1-13-3-8-17-16(11-13)19(14-4-6-15(20)7-5-14)18(23-17)12-21-9-10-22-2/h3-8,11,21H,9-10,12H2,1-2H3. The zero-order chi connectivity index (χ0) is 16.2. The fraction of sp³-hybridized carbons (Fsp3) is 0.263. The monoisotopic (exact) mass is 329 g/mol. The summed E-state index contributed by atoms with van der Waals surface area (Å²) in [6, 6.07) is 14.2. The lowest BCUT2D eigenvalue weighted by molar-refractivity contribution is 0.198. The molecule has 0 saturated heterocycles. The highest BCUT2D eigenvalue weighted by Crippen LogP contribution is 2.35. The lowest BCUT2D eigenvalue weighted by Crippen LogP contribution is -2.18. The molecule has 0 radical (unpaired) electrons. The summed E-state index contributed by atoms with van der Waals surface area (Å²) in [7, 11) is 1.70. The van der Waals surface area contributed by atoms with Crippen LogP contribution in [-0.2, 0) is 11.3 Å². The molecule has 0 spiro atoms. The molecule has 0 saturated carbocycles. The Balaban J connectivity index is 2.03. The second-order valence-corrected chi connectivity index (χ2v) is 6.01. The van der Waals surface area contributed by atoms with E-state index in [-0.39, 0.29) is 0 Å². The number of rotatable bonds is 6. The van der Waals surface area contributed by atoms with Gasteiger partial charge in [-0.2, -0.15) is 0 Å². The van der Waals surface area contributed by atoms with Crippen LogP contribution >= 0.6 is 11.6 Å². The summed E-state index contributed by atoms with van der Waals surface area (Å²) >= 11 is 6.03. The van der Waals surface area contributed by atoms with Gasteiger partial charge in [0.15, 0.2) is 0 Å². The third kappa shape index (κ3) is 3.58. The number of ether oxygens (including phenoxy) is 1. The molecule has 0 bridgehead atoms. The largest absolute Gasteiger partial charge is 0.459 e. The van der Waals surface area contributed by atoms with Crippen molar-refractivity contribution in [3.8, 4) is 11.1 Å². The molecule has 4 heteroatoms. The summed E-state index contributed by atoms with van der Waals surface area (Å²) in [5.74, 6) is 0.934. The van der Waals surface area contributed by atoms with Gasteiger partial charge in [0.05, 0.1) is 13.2 Å². The number of furan rings is 1. The Morgan fingerprint density at radius 3 is 2.65 bits per heavy atom. The van der Waals surface area contributed by atoms with Gasteiger partial charge >= 0.3 is 0 Å². The molecule has 1 N–H and O–H groups in total. The first-order valence-electron chi connectivity index (χ1n) is 7.66. The summed E-state index contributed by atoms with van der Waals surface area (Å²) in [5, 5.41) is 5.22. The van der Waals surface area contributed by atoms with Gasteiger partial charge in [-0.3, -0.25) is 0 Å². The van der Waals surface area contributed by atoms with Crippen LogP contribution in [0.4, 0.5) is 0 Å². The Bertz CT molecular complexity index is 793. The number of hydrogen-bond acceptors (Lipinski definition) is 3. The minimum atomic E-state index is 0.662. The Morgan fingerprint density at radius 2 is 1.91 bits per heavy atom. The number of benzene rings is 2. The third-order valence-electron chi connectivity index (χ3n) is 3.82. The van der Waals surface area contributed by atoms with Crippen LogP contribution in [0.25, 0.3) is 22.1 Å². The average Bonchev–Trinajstić information content (AvgIpc) is 2.90.